The average Bonchev–Trinajstić information content (AvgIpc) is 2.40. The van der Waals surface area contributed by atoms with Gasteiger partial charge in [0.05, 0.1) is 7.11 Å². The smallest absolute Gasteiger partial charge is 0.168 e. The molecule has 1 aromatic rings. The summed E-state index contributed by atoms with van der Waals surface area (Å²) in [6, 6.07) is 5.49. The highest BCUT2D eigenvalue weighted by Gasteiger charge is 2.28. The van der Waals surface area contributed by atoms with Crippen LogP contribution in [0.4, 0.5) is 4.39 Å². The van der Waals surface area contributed by atoms with Gasteiger partial charge in [0, 0.05) is 0 Å². The number of ether oxygens (including phenoxy) is 1. The van der Waals surface area contributed by atoms with Crippen molar-refractivity contribution in [1.82, 2.24) is 5.32 Å². The molecule has 1 N–H and O–H groups in total. The number of nitrogens with one attached hydrogen (secondary N) is 1. The number of halogens is 1. The average molecular weight is 251 g/mol. The Labute approximate surface area is 109 Å². The SMILES string of the molecule is CNCC1CCCCC1c1cccc(OC)c1F. The van der Waals surface area contributed by atoms with Gasteiger partial charge < -0.3 is 10.1 Å². The van der Waals surface area contributed by atoms with E-state index in [0.717, 1.165) is 18.5 Å². The summed E-state index contributed by atoms with van der Waals surface area (Å²) in [5, 5.41) is 3.23. The van der Waals surface area contributed by atoms with Gasteiger partial charge in [0.25, 0.3) is 0 Å². The summed E-state index contributed by atoms with van der Waals surface area (Å²) in [4.78, 5) is 0. The molecule has 2 unspecified atom stereocenters. The van der Waals surface area contributed by atoms with Crippen molar-refractivity contribution in [3.8, 4) is 5.75 Å². The van der Waals surface area contributed by atoms with Gasteiger partial charge in [-0.05, 0) is 49.9 Å². The van der Waals surface area contributed by atoms with Crippen LogP contribution in [0.1, 0.15) is 37.2 Å². The molecule has 3 heteroatoms. The van der Waals surface area contributed by atoms with E-state index in [-0.39, 0.29) is 5.82 Å². The molecule has 0 aliphatic heterocycles. The Morgan fingerprint density at radius 1 is 1.33 bits per heavy atom. The Bertz CT molecular complexity index is 392. The fourth-order valence-electron chi connectivity index (χ4n) is 3.10. The summed E-state index contributed by atoms with van der Waals surface area (Å²) in [6.07, 6.45) is 4.72. The maximum absolute atomic E-state index is 14.3. The van der Waals surface area contributed by atoms with Gasteiger partial charge in [-0.25, -0.2) is 4.39 Å². The molecule has 2 rings (SSSR count). The van der Waals surface area contributed by atoms with E-state index in [1.807, 2.05) is 19.2 Å². The van der Waals surface area contributed by atoms with Gasteiger partial charge in [-0.15, -0.1) is 0 Å². The third kappa shape index (κ3) is 2.66. The molecule has 100 valence electrons. The minimum atomic E-state index is -0.173. The summed E-state index contributed by atoms with van der Waals surface area (Å²) in [5.41, 5.74) is 0.828. The van der Waals surface area contributed by atoms with Crippen LogP contribution < -0.4 is 10.1 Å². The molecule has 0 amide bonds. The molecule has 1 aromatic carbocycles. The van der Waals surface area contributed by atoms with Crippen LogP contribution in [0.25, 0.3) is 0 Å². The monoisotopic (exact) mass is 251 g/mol. The van der Waals surface area contributed by atoms with E-state index in [1.54, 1.807) is 6.07 Å². The number of benzene rings is 1. The largest absolute Gasteiger partial charge is 0.494 e. The first-order valence-corrected chi connectivity index (χ1v) is 6.75. The van der Waals surface area contributed by atoms with Crippen molar-refractivity contribution in [2.24, 2.45) is 5.92 Å². The van der Waals surface area contributed by atoms with Crippen molar-refractivity contribution in [2.75, 3.05) is 20.7 Å². The lowest BCUT2D eigenvalue weighted by Gasteiger charge is -2.32. The molecular weight excluding hydrogens is 229 g/mol. The number of methoxy groups -OCH3 is 1. The molecule has 0 radical (unpaired) electrons. The lowest BCUT2D eigenvalue weighted by Crippen LogP contribution is -2.28. The van der Waals surface area contributed by atoms with Crippen LogP contribution in [0.2, 0.25) is 0 Å². The highest BCUT2D eigenvalue weighted by molar-refractivity contribution is 5.34. The first kappa shape index (κ1) is 13.3. The topological polar surface area (TPSA) is 21.3 Å². The van der Waals surface area contributed by atoms with Crippen molar-refractivity contribution in [3.05, 3.63) is 29.6 Å². The molecule has 1 aliphatic rings. The second kappa shape index (κ2) is 6.19. The van der Waals surface area contributed by atoms with Crippen molar-refractivity contribution >= 4 is 0 Å². The zero-order chi connectivity index (χ0) is 13.0. The van der Waals surface area contributed by atoms with E-state index in [4.69, 9.17) is 4.74 Å². The number of hydrogen-bond donors (Lipinski definition) is 1. The molecule has 18 heavy (non-hydrogen) atoms. The predicted octanol–water partition coefficient (Wildman–Crippen LogP) is 3.33. The molecule has 0 saturated heterocycles. The standard InChI is InChI=1S/C15H22FNO/c1-17-10-11-6-3-4-7-12(11)13-8-5-9-14(18-2)15(13)16/h5,8-9,11-12,17H,3-4,6-7,10H2,1-2H3. The molecule has 0 aromatic heterocycles. The molecule has 2 atom stereocenters. The van der Waals surface area contributed by atoms with E-state index in [2.05, 4.69) is 5.32 Å². The first-order chi connectivity index (χ1) is 8.77. The third-order valence-electron chi connectivity index (χ3n) is 3.99. The van der Waals surface area contributed by atoms with Crippen LogP contribution in [0.5, 0.6) is 5.75 Å². The van der Waals surface area contributed by atoms with E-state index >= 15 is 0 Å². The van der Waals surface area contributed by atoms with Gasteiger partial charge in [-0.3, -0.25) is 0 Å². The Hall–Kier alpha value is -1.09. The zero-order valence-electron chi connectivity index (χ0n) is 11.2. The fourth-order valence-corrected chi connectivity index (χ4v) is 3.10. The Kier molecular flexibility index (Phi) is 4.59. The van der Waals surface area contributed by atoms with Crippen LogP contribution in [0.3, 0.4) is 0 Å². The fraction of sp³-hybridized carbons (Fsp3) is 0.600. The van der Waals surface area contributed by atoms with Gasteiger partial charge in [-0.1, -0.05) is 25.0 Å². The maximum Gasteiger partial charge on any atom is 0.168 e. The quantitative estimate of drug-likeness (QED) is 0.886. The molecule has 1 aliphatic carbocycles. The summed E-state index contributed by atoms with van der Waals surface area (Å²) in [7, 11) is 3.49. The normalized spacial score (nSPS) is 23.9. The molecule has 0 heterocycles. The van der Waals surface area contributed by atoms with Crippen LogP contribution in [0, 0.1) is 11.7 Å². The van der Waals surface area contributed by atoms with Crippen molar-refractivity contribution < 1.29 is 9.13 Å². The molecule has 0 spiro atoms. The summed E-state index contributed by atoms with van der Waals surface area (Å²) in [6.45, 7) is 0.960. The lowest BCUT2D eigenvalue weighted by atomic mass is 9.75. The maximum atomic E-state index is 14.3. The lowest BCUT2D eigenvalue weighted by molar-refractivity contribution is 0.292. The molecule has 1 fully saturated rings. The highest BCUT2D eigenvalue weighted by Crippen LogP contribution is 2.40. The second-order valence-electron chi connectivity index (χ2n) is 5.07. The van der Waals surface area contributed by atoms with Crippen molar-refractivity contribution in [2.45, 2.75) is 31.6 Å². The number of hydrogen-bond acceptors (Lipinski definition) is 2. The van der Waals surface area contributed by atoms with Gasteiger partial charge >= 0.3 is 0 Å². The van der Waals surface area contributed by atoms with Gasteiger partial charge in [0.15, 0.2) is 11.6 Å². The van der Waals surface area contributed by atoms with Crippen molar-refractivity contribution in [3.63, 3.8) is 0 Å². The minimum absolute atomic E-state index is 0.173. The van der Waals surface area contributed by atoms with E-state index in [1.165, 1.54) is 26.4 Å². The Morgan fingerprint density at radius 3 is 2.83 bits per heavy atom. The van der Waals surface area contributed by atoms with Gasteiger partial charge in [-0.2, -0.15) is 0 Å². The van der Waals surface area contributed by atoms with Gasteiger partial charge in [0.1, 0.15) is 0 Å². The predicted molar refractivity (Wildman–Crippen MR) is 71.6 cm³/mol. The van der Waals surface area contributed by atoms with E-state index < -0.39 is 0 Å². The van der Waals surface area contributed by atoms with E-state index in [9.17, 15) is 4.39 Å². The van der Waals surface area contributed by atoms with E-state index in [0.29, 0.717) is 17.6 Å². The molecule has 2 nitrogen and oxygen atoms in total. The summed E-state index contributed by atoms with van der Waals surface area (Å²) >= 11 is 0. The van der Waals surface area contributed by atoms with Crippen LogP contribution in [-0.2, 0) is 0 Å². The van der Waals surface area contributed by atoms with Crippen LogP contribution in [-0.4, -0.2) is 20.7 Å². The minimum Gasteiger partial charge on any atom is -0.494 e. The van der Waals surface area contributed by atoms with Crippen LogP contribution in [0.15, 0.2) is 18.2 Å². The molecule has 0 bridgehead atoms. The summed E-state index contributed by atoms with van der Waals surface area (Å²) < 4.78 is 19.4. The highest BCUT2D eigenvalue weighted by atomic mass is 19.1. The second-order valence-corrected chi connectivity index (χ2v) is 5.07. The van der Waals surface area contributed by atoms with Crippen molar-refractivity contribution in [1.29, 1.82) is 0 Å². The Balaban J connectivity index is 2.27. The van der Waals surface area contributed by atoms with Crippen LogP contribution >= 0.6 is 0 Å². The first-order valence-electron chi connectivity index (χ1n) is 6.75. The Morgan fingerprint density at radius 2 is 2.11 bits per heavy atom. The zero-order valence-corrected chi connectivity index (χ0v) is 11.2. The summed E-state index contributed by atoms with van der Waals surface area (Å²) in [5.74, 6) is 1.04. The molecule has 1 saturated carbocycles. The number of rotatable bonds is 4. The third-order valence-corrected chi connectivity index (χ3v) is 3.99. The van der Waals surface area contributed by atoms with Gasteiger partial charge in [0.2, 0.25) is 0 Å². The molecular formula is C15H22FNO.